The second-order valence-electron chi connectivity index (χ2n) is 5.65. The Hall–Kier alpha value is -0.120. The average molecular weight is 242 g/mol. The summed E-state index contributed by atoms with van der Waals surface area (Å²) in [5.41, 5.74) is 0. The molecule has 2 unspecified atom stereocenters. The zero-order chi connectivity index (χ0) is 12.8. The fraction of sp³-hybridized carbons (Fsp3) is 1.00. The van der Waals surface area contributed by atoms with Crippen molar-refractivity contribution in [3.05, 3.63) is 0 Å². The van der Waals surface area contributed by atoms with E-state index >= 15 is 0 Å². The standard InChI is InChI=1S/C14H30N2O/c1-6-7-15-11(2)8-12(3)16-9-13(4)17-14(5)10-16/h11-15H,6-10H2,1-5H3/t11?,12?,13-,14+. The number of hydrogen-bond donors (Lipinski definition) is 1. The largest absolute Gasteiger partial charge is 0.373 e. The third-order valence-corrected chi connectivity index (χ3v) is 3.51. The van der Waals surface area contributed by atoms with Crippen LogP contribution in [0, 0.1) is 0 Å². The van der Waals surface area contributed by atoms with Gasteiger partial charge in [-0.1, -0.05) is 6.92 Å². The molecule has 0 bridgehead atoms. The molecular weight excluding hydrogens is 212 g/mol. The van der Waals surface area contributed by atoms with Crippen LogP contribution in [-0.4, -0.2) is 48.8 Å². The lowest BCUT2D eigenvalue weighted by Gasteiger charge is -2.39. The third-order valence-electron chi connectivity index (χ3n) is 3.51. The molecule has 1 aliphatic heterocycles. The molecule has 3 heteroatoms. The van der Waals surface area contributed by atoms with E-state index in [4.69, 9.17) is 4.74 Å². The van der Waals surface area contributed by atoms with E-state index in [1.54, 1.807) is 0 Å². The highest BCUT2D eigenvalue weighted by Crippen LogP contribution is 2.16. The molecule has 0 aliphatic carbocycles. The van der Waals surface area contributed by atoms with Crippen LogP contribution in [0.3, 0.4) is 0 Å². The highest BCUT2D eigenvalue weighted by Gasteiger charge is 2.26. The minimum Gasteiger partial charge on any atom is -0.373 e. The molecule has 17 heavy (non-hydrogen) atoms. The first-order valence-corrected chi connectivity index (χ1v) is 7.15. The molecule has 0 saturated carbocycles. The Morgan fingerprint density at radius 2 is 1.82 bits per heavy atom. The first-order valence-electron chi connectivity index (χ1n) is 7.15. The summed E-state index contributed by atoms with van der Waals surface area (Å²) in [5, 5.41) is 3.57. The highest BCUT2D eigenvalue weighted by molar-refractivity contribution is 4.79. The van der Waals surface area contributed by atoms with Gasteiger partial charge in [0.1, 0.15) is 0 Å². The third kappa shape index (κ3) is 5.36. The van der Waals surface area contributed by atoms with Gasteiger partial charge in [0.25, 0.3) is 0 Å². The number of rotatable bonds is 6. The maximum absolute atomic E-state index is 5.78. The first kappa shape index (κ1) is 14.9. The normalized spacial score (nSPS) is 30.2. The van der Waals surface area contributed by atoms with Gasteiger partial charge < -0.3 is 10.1 Å². The number of morpholine rings is 1. The van der Waals surface area contributed by atoms with Gasteiger partial charge in [0.15, 0.2) is 0 Å². The monoisotopic (exact) mass is 242 g/mol. The van der Waals surface area contributed by atoms with Crippen LogP contribution < -0.4 is 5.32 Å². The Morgan fingerprint density at radius 3 is 2.35 bits per heavy atom. The van der Waals surface area contributed by atoms with Crippen molar-refractivity contribution in [1.29, 1.82) is 0 Å². The quantitative estimate of drug-likeness (QED) is 0.773. The second-order valence-corrected chi connectivity index (χ2v) is 5.65. The molecule has 1 N–H and O–H groups in total. The van der Waals surface area contributed by atoms with E-state index in [-0.39, 0.29) is 0 Å². The molecule has 0 amide bonds. The maximum atomic E-state index is 5.78. The van der Waals surface area contributed by atoms with Gasteiger partial charge in [-0.05, 0) is 47.1 Å². The van der Waals surface area contributed by atoms with Gasteiger partial charge in [-0.2, -0.15) is 0 Å². The summed E-state index contributed by atoms with van der Waals surface area (Å²) in [7, 11) is 0. The van der Waals surface area contributed by atoms with Gasteiger partial charge >= 0.3 is 0 Å². The van der Waals surface area contributed by atoms with Crippen LogP contribution in [0.2, 0.25) is 0 Å². The van der Waals surface area contributed by atoms with E-state index in [1.165, 1.54) is 12.8 Å². The highest BCUT2D eigenvalue weighted by atomic mass is 16.5. The molecule has 1 heterocycles. The molecule has 1 rings (SSSR count). The van der Waals surface area contributed by atoms with Crippen molar-refractivity contribution in [3.63, 3.8) is 0 Å². The predicted octanol–water partition coefficient (Wildman–Crippen LogP) is 2.26. The van der Waals surface area contributed by atoms with Crippen LogP contribution in [0.4, 0.5) is 0 Å². The maximum Gasteiger partial charge on any atom is 0.0678 e. The molecule has 1 aliphatic rings. The summed E-state index contributed by atoms with van der Waals surface area (Å²) in [6.45, 7) is 14.5. The minimum absolute atomic E-state index is 0.375. The average Bonchev–Trinajstić information content (AvgIpc) is 2.25. The number of hydrogen-bond acceptors (Lipinski definition) is 3. The molecule has 1 fully saturated rings. The smallest absolute Gasteiger partial charge is 0.0678 e. The summed E-state index contributed by atoms with van der Waals surface area (Å²) >= 11 is 0. The summed E-state index contributed by atoms with van der Waals surface area (Å²) in [5.74, 6) is 0. The molecule has 102 valence electrons. The van der Waals surface area contributed by atoms with Crippen LogP contribution in [-0.2, 0) is 4.74 Å². The Morgan fingerprint density at radius 1 is 1.24 bits per heavy atom. The van der Waals surface area contributed by atoms with Gasteiger partial charge in [-0.25, -0.2) is 0 Å². The zero-order valence-electron chi connectivity index (χ0n) is 12.2. The van der Waals surface area contributed by atoms with Gasteiger partial charge in [-0.3, -0.25) is 4.90 Å². The lowest BCUT2D eigenvalue weighted by atomic mass is 10.1. The Labute approximate surface area is 107 Å². The zero-order valence-corrected chi connectivity index (χ0v) is 12.2. The SMILES string of the molecule is CCCNC(C)CC(C)N1C[C@@H](C)O[C@@H](C)C1. The molecule has 0 aromatic rings. The minimum atomic E-state index is 0.375. The van der Waals surface area contributed by atoms with Crippen molar-refractivity contribution in [2.75, 3.05) is 19.6 Å². The molecule has 3 nitrogen and oxygen atoms in total. The van der Waals surface area contributed by atoms with E-state index in [2.05, 4.69) is 44.8 Å². The number of nitrogens with one attached hydrogen (secondary N) is 1. The van der Waals surface area contributed by atoms with E-state index in [1.807, 2.05) is 0 Å². The van der Waals surface area contributed by atoms with E-state index in [0.717, 1.165) is 19.6 Å². The van der Waals surface area contributed by atoms with E-state index in [0.29, 0.717) is 24.3 Å². The second kappa shape index (κ2) is 7.34. The van der Waals surface area contributed by atoms with Crippen LogP contribution in [0.5, 0.6) is 0 Å². The molecule has 4 atom stereocenters. The molecular formula is C14H30N2O. The van der Waals surface area contributed by atoms with Crippen LogP contribution in [0.15, 0.2) is 0 Å². The molecule has 0 aromatic heterocycles. The molecule has 1 saturated heterocycles. The first-order chi connectivity index (χ1) is 8.02. The molecule has 0 spiro atoms. The van der Waals surface area contributed by atoms with Crippen molar-refractivity contribution < 1.29 is 4.74 Å². The van der Waals surface area contributed by atoms with Gasteiger partial charge in [-0.15, -0.1) is 0 Å². The van der Waals surface area contributed by atoms with Crippen molar-refractivity contribution in [2.24, 2.45) is 0 Å². The van der Waals surface area contributed by atoms with Crippen molar-refractivity contribution in [3.8, 4) is 0 Å². The number of nitrogens with zero attached hydrogens (tertiary/aromatic N) is 1. The van der Waals surface area contributed by atoms with Gasteiger partial charge in [0.05, 0.1) is 12.2 Å². The van der Waals surface area contributed by atoms with Crippen molar-refractivity contribution >= 4 is 0 Å². The summed E-state index contributed by atoms with van der Waals surface area (Å²) in [6.07, 6.45) is 3.18. The Balaban J connectivity index is 2.33. The van der Waals surface area contributed by atoms with Gasteiger partial charge in [0, 0.05) is 25.2 Å². The summed E-state index contributed by atoms with van der Waals surface area (Å²) in [6, 6.07) is 1.25. The molecule has 0 aromatic carbocycles. The van der Waals surface area contributed by atoms with Crippen molar-refractivity contribution in [2.45, 2.75) is 71.8 Å². The van der Waals surface area contributed by atoms with E-state index in [9.17, 15) is 0 Å². The Bertz CT molecular complexity index is 200. The van der Waals surface area contributed by atoms with Crippen molar-refractivity contribution in [1.82, 2.24) is 10.2 Å². The number of ether oxygens (including phenoxy) is 1. The summed E-state index contributed by atoms with van der Waals surface area (Å²) < 4.78 is 5.78. The predicted molar refractivity (Wildman–Crippen MR) is 73.4 cm³/mol. The Kier molecular flexibility index (Phi) is 6.45. The fourth-order valence-corrected chi connectivity index (χ4v) is 2.71. The topological polar surface area (TPSA) is 24.5 Å². The van der Waals surface area contributed by atoms with Crippen LogP contribution >= 0.6 is 0 Å². The summed E-state index contributed by atoms with van der Waals surface area (Å²) in [4.78, 5) is 2.57. The van der Waals surface area contributed by atoms with E-state index < -0.39 is 0 Å². The van der Waals surface area contributed by atoms with Gasteiger partial charge in [0.2, 0.25) is 0 Å². The molecule has 0 radical (unpaired) electrons. The van der Waals surface area contributed by atoms with Crippen LogP contribution in [0.1, 0.15) is 47.5 Å². The van der Waals surface area contributed by atoms with Crippen LogP contribution in [0.25, 0.3) is 0 Å². The lowest BCUT2D eigenvalue weighted by molar-refractivity contribution is -0.0798. The lowest BCUT2D eigenvalue weighted by Crippen LogP contribution is -2.50. The fourth-order valence-electron chi connectivity index (χ4n) is 2.71.